The molecule has 158 valence electrons. The van der Waals surface area contributed by atoms with Crippen LogP contribution in [0.1, 0.15) is 89.5 Å². The maximum absolute atomic E-state index is 4.28. The van der Waals surface area contributed by atoms with Crippen LogP contribution in [0.25, 0.3) is 16.0 Å². The van der Waals surface area contributed by atoms with Crippen molar-refractivity contribution in [3.05, 3.63) is 38.1 Å². The summed E-state index contributed by atoms with van der Waals surface area (Å²) >= 11 is 2.14. The van der Waals surface area contributed by atoms with E-state index in [0.717, 1.165) is 0 Å². The van der Waals surface area contributed by atoms with Gasteiger partial charge in [-0.15, -0.1) is 36.3 Å². The number of nitrogens with zero attached hydrogens (tertiary/aromatic N) is 3. The van der Waals surface area contributed by atoms with Gasteiger partial charge in [0.15, 0.2) is 0 Å². The van der Waals surface area contributed by atoms with Crippen LogP contribution in [0, 0.1) is 0 Å². The van der Waals surface area contributed by atoms with Gasteiger partial charge in [0.2, 0.25) is 0 Å². The summed E-state index contributed by atoms with van der Waals surface area (Å²) in [6, 6.07) is 3.00. The van der Waals surface area contributed by atoms with E-state index >= 15 is 0 Å². The molecule has 0 saturated carbocycles. The second-order valence-corrected chi connectivity index (χ2v) is 9.34. The van der Waals surface area contributed by atoms with Crippen molar-refractivity contribution in [2.75, 3.05) is 0 Å². The van der Waals surface area contributed by atoms with Crippen LogP contribution in [-0.4, -0.2) is 36.3 Å². The van der Waals surface area contributed by atoms with E-state index in [0.29, 0.717) is 36.3 Å². The molecule has 0 aromatic heterocycles. The van der Waals surface area contributed by atoms with Crippen molar-refractivity contribution in [3.63, 3.8) is 0 Å². The number of rotatable bonds is 6. The molecular formula is C23H47N3Ti. The third-order valence-corrected chi connectivity index (χ3v) is 3.14. The zero-order chi connectivity index (χ0) is 22.0. The standard InChI is InChI=1S/3C6H14N.C5H5.Ti/c3*1-5(2)7-6(3)4;1-2-4-5-3-1;/h3*5-6H,1-4H3;1-3H,4H2;/q3*-1;;+3. The quantitative estimate of drug-likeness (QED) is 0.397. The van der Waals surface area contributed by atoms with Crippen LogP contribution >= 0.6 is 0 Å². The van der Waals surface area contributed by atoms with Gasteiger partial charge in [-0.1, -0.05) is 83.1 Å². The topological polar surface area (TPSA) is 42.3 Å². The Morgan fingerprint density at radius 1 is 0.593 bits per heavy atom. The molecule has 0 atom stereocenters. The van der Waals surface area contributed by atoms with Crippen molar-refractivity contribution in [3.8, 4) is 0 Å². The summed E-state index contributed by atoms with van der Waals surface area (Å²) in [6.45, 7) is 25.2. The van der Waals surface area contributed by atoms with E-state index < -0.39 is 0 Å². The first kappa shape index (κ1) is 31.8. The molecule has 0 aliphatic heterocycles. The molecule has 0 bridgehead atoms. The molecule has 0 aromatic rings. The Morgan fingerprint density at radius 3 is 0.889 bits per heavy atom. The molecule has 1 aliphatic carbocycles. The van der Waals surface area contributed by atoms with Crippen LogP contribution in [0.5, 0.6) is 0 Å². The molecule has 0 spiro atoms. The Hall–Kier alpha value is 0.0743. The van der Waals surface area contributed by atoms with Crippen LogP contribution in [0.2, 0.25) is 0 Å². The number of hydrogen-bond acceptors (Lipinski definition) is 0. The van der Waals surface area contributed by atoms with Gasteiger partial charge in [0, 0.05) is 0 Å². The zero-order valence-corrected chi connectivity index (χ0v) is 21.8. The van der Waals surface area contributed by atoms with Gasteiger partial charge in [0.05, 0.1) is 0 Å². The molecule has 1 aliphatic rings. The average Bonchev–Trinajstić information content (AvgIpc) is 2.86. The maximum atomic E-state index is 4.28. The second kappa shape index (κ2) is 20.8. The van der Waals surface area contributed by atoms with Gasteiger partial charge >= 0.3 is 49.0 Å². The Labute approximate surface area is 184 Å². The van der Waals surface area contributed by atoms with E-state index in [1.54, 1.807) is 0 Å². The van der Waals surface area contributed by atoms with Crippen molar-refractivity contribution < 1.29 is 20.4 Å². The molecule has 0 radical (unpaired) electrons. The molecule has 0 N–H and O–H groups in total. The van der Waals surface area contributed by atoms with Crippen molar-refractivity contribution in [2.45, 2.75) is 126 Å². The molecule has 0 heterocycles. The first-order chi connectivity index (χ1) is 12.3. The predicted molar refractivity (Wildman–Crippen MR) is 123 cm³/mol. The summed E-state index contributed by atoms with van der Waals surface area (Å²) in [7, 11) is 0. The van der Waals surface area contributed by atoms with Gasteiger partial charge in [0.1, 0.15) is 0 Å². The molecule has 0 unspecified atom stereocenters. The molecule has 1 rings (SSSR count). The Kier molecular flexibility index (Phi) is 24.5. The Balaban J connectivity index is -0.000000285. The van der Waals surface area contributed by atoms with Crippen molar-refractivity contribution in [2.24, 2.45) is 0 Å². The minimum atomic E-state index is 0.500. The molecule has 27 heavy (non-hydrogen) atoms. The monoisotopic (exact) mass is 413 g/mol. The molecule has 0 amide bonds. The van der Waals surface area contributed by atoms with Crippen LogP contribution in [0.4, 0.5) is 0 Å². The predicted octanol–water partition coefficient (Wildman–Crippen LogP) is 7.91. The van der Waals surface area contributed by atoms with E-state index in [4.69, 9.17) is 0 Å². The van der Waals surface area contributed by atoms with Crippen molar-refractivity contribution in [1.82, 2.24) is 0 Å². The average molecular weight is 414 g/mol. The van der Waals surface area contributed by atoms with Gasteiger partial charge in [-0.05, 0) is 0 Å². The molecule has 3 nitrogen and oxygen atoms in total. The number of allylic oxidation sites excluding steroid dienone is 4. The Morgan fingerprint density at radius 2 is 0.852 bits per heavy atom. The van der Waals surface area contributed by atoms with Crippen LogP contribution < -0.4 is 0 Å². The van der Waals surface area contributed by atoms with Gasteiger partial charge in [0.25, 0.3) is 0 Å². The van der Waals surface area contributed by atoms with Gasteiger partial charge in [-0.2, -0.15) is 0 Å². The summed E-state index contributed by atoms with van der Waals surface area (Å²) in [6.07, 6.45) is 7.56. The Bertz CT molecular complexity index is 305. The SMILES string of the molecule is CC(C)[N-]C(C)C.CC(C)[N-]C(C)C.CC(C)[N-]C(C)C.[Ti+3][C]1=CC=CC1. The summed E-state index contributed by atoms with van der Waals surface area (Å²) in [5.41, 5.74) is 0. The van der Waals surface area contributed by atoms with Crippen molar-refractivity contribution >= 4 is 0 Å². The molecular weight excluding hydrogens is 366 g/mol. The van der Waals surface area contributed by atoms with Crippen molar-refractivity contribution in [1.29, 1.82) is 0 Å². The third kappa shape index (κ3) is 41.5. The van der Waals surface area contributed by atoms with Crippen LogP contribution in [0.3, 0.4) is 0 Å². The van der Waals surface area contributed by atoms with Crippen LogP contribution in [0.15, 0.2) is 22.1 Å². The summed E-state index contributed by atoms with van der Waals surface area (Å²) in [5, 5.41) is 12.8. The molecule has 0 saturated heterocycles. The summed E-state index contributed by atoms with van der Waals surface area (Å²) < 4.78 is 1.47. The van der Waals surface area contributed by atoms with E-state index in [1.165, 1.54) is 10.3 Å². The van der Waals surface area contributed by atoms with E-state index in [9.17, 15) is 0 Å². The second-order valence-electron chi connectivity index (χ2n) is 8.33. The van der Waals surface area contributed by atoms with Gasteiger partial charge < -0.3 is 16.0 Å². The number of hydrogen-bond donors (Lipinski definition) is 0. The van der Waals surface area contributed by atoms with E-state index in [-0.39, 0.29) is 0 Å². The van der Waals surface area contributed by atoms with Crippen LogP contribution in [-0.2, 0) is 20.4 Å². The van der Waals surface area contributed by atoms with Gasteiger partial charge in [-0.3, -0.25) is 0 Å². The van der Waals surface area contributed by atoms with E-state index in [2.05, 4.69) is 138 Å². The fourth-order valence-corrected chi connectivity index (χ4v) is 2.57. The molecule has 4 heteroatoms. The van der Waals surface area contributed by atoms with E-state index in [1.807, 2.05) is 0 Å². The zero-order valence-electron chi connectivity index (χ0n) is 20.2. The first-order valence-electron chi connectivity index (χ1n) is 10.4. The summed E-state index contributed by atoms with van der Waals surface area (Å²) in [4.78, 5) is 0. The fourth-order valence-electron chi connectivity index (χ4n) is 2.24. The fraction of sp³-hybridized carbons (Fsp3) is 0.826. The van der Waals surface area contributed by atoms with Gasteiger partial charge in [-0.25, -0.2) is 0 Å². The normalized spacial score (nSPS) is 12.8. The molecule has 0 fully saturated rings. The molecule has 0 aromatic carbocycles. The third-order valence-electron chi connectivity index (χ3n) is 2.56. The summed E-state index contributed by atoms with van der Waals surface area (Å²) in [5.74, 6) is 0. The minimum absolute atomic E-state index is 0.500. The first-order valence-corrected chi connectivity index (χ1v) is 11.2.